The summed E-state index contributed by atoms with van der Waals surface area (Å²) in [4.78, 5) is 8.43. The smallest absolute Gasteiger partial charge is 0.396 e. The van der Waals surface area contributed by atoms with Crippen molar-refractivity contribution in [1.82, 2.24) is 14.5 Å². The number of anilines is 2. The number of benzene rings is 1. The minimum absolute atomic E-state index is 0.0169. The van der Waals surface area contributed by atoms with Crippen LogP contribution in [0.1, 0.15) is 16.8 Å². The molecule has 0 saturated carbocycles. The summed E-state index contributed by atoms with van der Waals surface area (Å²) in [5.41, 5.74) is 13.1. The third-order valence-corrected chi connectivity index (χ3v) is 4.35. The molecule has 2 heterocycles. The fraction of sp³-hybridized carbons (Fsp3) is 0.176. The molecule has 0 aliphatic rings. The van der Waals surface area contributed by atoms with Gasteiger partial charge in [0.25, 0.3) is 0 Å². The third kappa shape index (κ3) is 2.96. The van der Waals surface area contributed by atoms with Crippen LogP contribution in [0, 0.1) is 13.8 Å². The molecule has 0 fully saturated rings. The van der Waals surface area contributed by atoms with E-state index in [0.29, 0.717) is 17.1 Å². The highest BCUT2D eigenvalue weighted by atomic mass is 35.5. The zero-order chi connectivity index (χ0) is 19.2. The van der Waals surface area contributed by atoms with Crippen LogP contribution in [0.15, 0.2) is 30.6 Å². The number of rotatable bonds is 2. The van der Waals surface area contributed by atoms with Crippen molar-refractivity contribution in [1.29, 1.82) is 0 Å². The first-order chi connectivity index (χ1) is 12.1. The van der Waals surface area contributed by atoms with Crippen LogP contribution in [0.2, 0.25) is 5.02 Å². The van der Waals surface area contributed by atoms with Crippen molar-refractivity contribution in [2.75, 3.05) is 11.5 Å². The zero-order valence-corrected chi connectivity index (χ0v) is 14.7. The number of imidazole rings is 1. The van der Waals surface area contributed by atoms with Gasteiger partial charge in [-0.1, -0.05) is 11.6 Å². The summed E-state index contributed by atoms with van der Waals surface area (Å²) < 4.78 is 41.1. The number of aryl methyl sites for hydroxylation is 2. The number of hydrogen-bond acceptors (Lipinski definition) is 4. The second-order valence-corrected chi connectivity index (χ2v) is 6.23. The predicted octanol–water partition coefficient (Wildman–Crippen LogP) is 4.39. The van der Waals surface area contributed by atoms with Crippen molar-refractivity contribution in [3.8, 4) is 17.1 Å². The Hall–Kier alpha value is -2.74. The minimum atomic E-state index is -4.58. The van der Waals surface area contributed by atoms with E-state index >= 15 is 0 Å². The first-order valence-electron chi connectivity index (χ1n) is 7.53. The molecule has 0 aliphatic heterocycles. The highest BCUT2D eigenvalue weighted by Gasteiger charge is 2.33. The fourth-order valence-electron chi connectivity index (χ4n) is 2.64. The summed E-state index contributed by atoms with van der Waals surface area (Å²) in [5.74, 6) is 0.542. The van der Waals surface area contributed by atoms with E-state index in [4.69, 9.17) is 23.1 Å². The van der Waals surface area contributed by atoms with Crippen molar-refractivity contribution < 1.29 is 13.2 Å². The van der Waals surface area contributed by atoms with Crippen molar-refractivity contribution in [2.45, 2.75) is 20.0 Å². The van der Waals surface area contributed by atoms with Gasteiger partial charge in [0.2, 0.25) is 0 Å². The van der Waals surface area contributed by atoms with Gasteiger partial charge >= 0.3 is 6.18 Å². The molecule has 0 bridgehead atoms. The average molecular weight is 382 g/mol. The van der Waals surface area contributed by atoms with Crippen molar-refractivity contribution in [2.24, 2.45) is 0 Å². The van der Waals surface area contributed by atoms with Crippen molar-refractivity contribution >= 4 is 23.1 Å². The van der Waals surface area contributed by atoms with Gasteiger partial charge in [0.05, 0.1) is 27.7 Å². The summed E-state index contributed by atoms with van der Waals surface area (Å²) in [6.45, 7) is 3.48. The van der Waals surface area contributed by atoms with Crippen LogP contribution in [0.5, 0.6) is 0 Å². The molecule has 0 unspecified atom stereocenters. The molecule has 0 saturated heterocycles. The Balaban J connectivity index is 2.36. The Morgan fingerprint density at radius 1 is 1.15 bits per heavy atom. The largest absolute Gasteiger partial charge is 0.416 e. The number of nitrogens with zero attached hydrogens (tertiary/aromatic N) is 3. The van der Waals surface area contributed by atoms with Gasteiger partial charge in [-0.3, -0.25) is 9.55 Å². The lowest BCUT2D eigenvalue weighted by atomic mass is 10.1. The summed E-state index contributed by atoms with van der Waals surface area (Å²) in [6.07, 6.45) is -1.39. The first-order valence-corrected chi connectivity index (χ1v) is 7.91. The highest BCUT2D eigenvalue weighted by Crippen LogP contribution is 2.39. The molecule has 0 radical (unpaired) electrons. The van der Waals surface area contributed by atoms with Crippen LogP contribution in [0.4, 0.5) is 24.7 Å². The molecule has 9 heteroatoms. The molecule has 136 valence electrons. The molecular weight excluding hydrogens is 367 g/mol. The number of hydrogen-bond donors (Lipinski definition) is 2. The second-order valence-electron chi connectivity index (χ2n) is 5.82. The summed E-state index contributed by atoms with van der Waals surface area (Å²) >= 11 is 5.95. The SMILES string of the molecule is Cc1cnccc1-c1nc(C)c(N)n1-c1cc(C(F)(F)F)cc(Cl)c1N. The van der Waals surface area contributed by atoms with Gasteiger partial charge in [-0.25, -0.2) is 4.98 Å². The molecule has 3 rings (SSSR count). The van der Waals surface area contributed by atoms with Gasteiger partial charge in [-0.2, -0.15) is 13.2 Å². The van der Waals surface area contributed by atoms with E-state index < -0.39 is 11.7 Å². The molecule has 4 N–H and O–H groups in total. The molecule has 0 amide bonds. The minimum Gasteiger partial charge on any atom is -0.396 e. The Morgan fingerprint density at radius 2 is 1.85 bits per heavy atom. The summed E-state index contributed by atoms with van der Waals surface area (Å²) in [5, 5.41) is -0.210. The fourth-order valence-corrected chi connectivity index (χ4v) is 2.86. The normalized spacial score (nSPS) is 11.8. The summed E-state index contributed by atoms with van der Waals surface area (Å²) in [7, 11) is 0. The van der Waals surface area contributed by atoms with E-state index in [2.05, 4.69) is 9.97 Å². The van der Waals surface area contributed by atoms with Gasteiger partial charge in [0.15, 0.2) is 0 Å². The van der Waals surface area contributed by atoms with Gasteiger partial charge in [0.1, 0.15) is 11.6 Å². The average Bonchev–Trinajstić information content (AvgIpc) is 2.85. The van der Waals surface area contributed by atoms with Crippen LogP contribution >= 0.6 is 11.6 Å². The number of aromatic nitrogens is 3. The van der Waals surface area contributed by atoms with Gasteiger partial charge in [-0.05, 0) is 37.6 Å². The molecule has 2 aromatic heterocycles. The molecule has 26 heavy (non-hydrogen) atoms. The third-order valence-electron chi connectivity index (χ3n) is 4.03. The van der Waals surface area contributed by atoms with E-state index in [1.807, 2.05) is 6.92 Å². The lowest BCUT2D eigenvalue weighted by Gasteiger charge is -2.17. The van der Waals surface area contributed by atoms with Crippen LogP contribution in [0.25, 0.3) is 17.1 Å². The zero-order valence-electron chi connectivity index (χ0n) is 13.9. The molecular formula is C17H15ClF3N5. The number of nitrogen functional groups attached to an aromatic ring is 2. The number of nitrogens with two attached hydrogens (primary N) is 2. The predicted molar refractivity (Wildman–Crippen MR) is 95.1 cm³/mol. The monoisotopic (exact) mass is 381 g/mol. The van der Waals surface area contributed by atoms with E-state index in [0.717, 1.165) is 17.7 Å². The van der Waals surface area contributed by atoms with Crippen LogP contribution in [-0.4, -0.2) is 14.5 Å². The molecule has 5 nitrogen and oxygen atoms in total. The molecule has 3 aromatic rings. The quantitative estimate of drug-likeness (QED) is 0.645. The Kier molecular flexibility index (Phi) is 4.31. The molecule has 0 aliphatic carbocycles. The van der Waals surface area contributed by atoms with Crippen molar-refractivity contribution in [3.05, 3.63) is 52.4 Å². The molecule has 0 spiro atoms. The Labute approximate surface area is 152 Å². The maximum Gasteiger partial charge on any atom is 0.416 e. The maximum absolute atomic E-state index is 13.2. The van der Waals surface area contributed by atoms with Crippen molar-refractivity contribution in [3.63, 3.8) is 0 Å². The van der Waals surface area contributed by atoms with E-state index in [9.17, 15) is 13.2 Å². The van der Waals surface area contributed by atoms with E-state index in [-0.39, 0.29) is 22.2 Å². The van der Waals surface area contributed by atoms with Crippen LogP contribution in [-0.2, 0) is 6.18 Å². The first kappa shape index (κ1) is 18.1. The maximum atomic E-state index is 13.2. The van der Waals surface area contributed by atoms with Crippen LogP contribution in [0.3, 0.4) is 0 Å². The summed E-state index contributed by atoms with van der Waals surface area (Å²) in [6, 6.07) is 3.41. The molecule has 1 aromatic carbocycles. The van der Waals surface area contributed by atoms with E-state index in [1.165, 1.54) is 4.57 Å². The molecule has 0 atom stereocenters. The number of pyridine rings is 1. The topological polar surface area (TPSA) is 82.8 Å². The van der Waals surface area contributed by atoms with Crippen LogP contribution < -0.4 is 11.5 Å². The Morgan fingerprint density at radius 3 is 2.46 bits per heavy atom. The van der Waals surface area contributed by atoms with Gasteiger partial charge in [-0.15, -0.1) is 0 Å². The standard InChI is InChI=1S/C17H15ClF3N5/c1-8-7-24-4-3-11(8)16-25-9(2)15(23)26(16)13-6-10(17(19,20)21)5-12(18)14(13)22/h3-7H,22-23H2,1-2H3. The highest BCUT2D eigenvalue weighted by molar-refractivity contribution is 6.33. The number of halogens is 4. The van der Waals surface area contributed by atoms with Gasteiger partial charge < -0.3 is 11.5 Å². The second kappa shape index (κ2) is 6.21. The Bertz CT molecular complexity index is 995. The van der Waals surface area contributed by atoms with E-state index in [1.54, 1.807) is 25.4 Å². The number of alkyl halides is 3. The lowest BCUT2D eigenvalue weighted by molar-refractivity contribution is -0.137. The van der Waals surface area contributed by atoms with Gasteiger partial charge in [0, 0.05) is 18.0 Å². The lowest BCUT2D eigenvalue weighted by Crippen LogP contribution is -2.11.